The van der Waals surface area contributed by atoms with Gasteiger partial charge in [0.25, 0.3) is 5.91 Å². The quantitative estimate of drug-likeness (QED) is 0.593. The van der Waals surface area contributed by atoms with Crippen molar-refractivity contribution < 1.29 is 18.0 Å². The number of aromatic nitrogens is 3. The molecule has 0 bridgehead atoms. The third-order valence-electron chi connectivity index (χ3n) is 6.91. The zero-order valence-corrected chi connectivity index (χ0v) is 19.6. The van der Waals surface area contributed by atoms with Gasteiger partial charge in [-0.3, -0.25) is 9.59 Å². The van der Waals surface area contributed by atoms with E-state index in [4.69, 9.17) is 4.98 Å². The molecular weight excluding hydrogens is 454 g/mol. The number of fused-ring (bicyclic) bond motifs is 2. The van der Waals surface area contributed by atoms with Gasteiger partial charge in [0, 0.05) is 29.4 Å². The normalized spacial score (nSPS) is 21.3. The summed E-state index contributed by atoms with van der Waals surface area (Å²) < 4.78 is 25.9. The number of benzene rings is 1. The number of rotatable bonds is 4. The summed E-state index contributed by atoms with van der Waals surface area (Å²) >= 11 is 0. The van der Waals surface area contributed by atoms with Crippen LogP contribution in [0.2, 0.25) is 0 Å². The lowest BCUT2D eigenvalue weighted by Gasteiger charge is -2.18. The number of anilines is 2. The van der Waals surface area contributed by atoms with Crippen molar-refractivity contribution in [2.24, 2.45) is 0 Å². The average Bonchev–Trinajstić information content (AvgIpc) is 3.52. The summed E-state index contributed by atoms with van der Waals surface area (Å²) in [5.41, 5.74) is 5.03. The van der Waals surface area contributed by atoms with Crippen LogP contribution >= 0.6 is 0 Å². The van der Waals surface area contributed by atoms with Gasteiger partial charge in [0.05, 0.1) is 34.2 Å². The van der Waals surface area contributed by atoms with Gasteiger partial charge >= 0.3 is 0 Å². The van der Waals surface area contributed by atoms with E-state index in [0.29, 0.717) is 53.2 Å². The van der Waals surface area contributed by atoms with Crippen LogP contribution in [0.25, 0.3) is 11.0 Å². The molecule has 6 rings (SSSR count). The van der Waals surface area contributed by atoms with Crippen molar-refractivity contribution in [3.63, 3.8) is 0 Å². The highest BCUT2D eigenvalue weighted by Gasteiger charge is 2.34. The van der Waals surface area contributed by atoms with Gasteiger partial charge in [-0.25, -0.2) is 18.1 Å². The number of hydrogen-bond acceptors (Lipinski definition) is 6. The molecule has 1 saturated carbocycles. The highest BCUT2D eigenvalue weighted by molar-refractivity contribution is 7.91. The van der Waals surface area contributed by atoms with Gasteiger partial charge in [0.15, 0.2) is 15.5 Å². The Balaban J connectivity index is 1.39. The molecule has 1 atom stereocenters. The predicted molar refractivity (Wildman–Crippen MR) is 128 cm³/mol. The predicted octanol–water partition coefficient (Wildman–Crippen LogP) is 3.11. The van der Waals surface area contributed by atoms with Gasteiger partial charge in [-0.15, -0.1) is 0 Å². The second-order valence-corrected chi connectivity index (χ2v) is 11.8. The van der Waals surface area contributed by atoms with Crippen LogP contribution < -0.4 is 10.6 Å². The van der Waals surface area contributed by atoms with E-state index in [9.17, 15) is 18.0 Å². The molecule has 3 aromatic rings. The second kappa shape index (κ2) is 7.63. The van der Waals surface area contributed by atoms with Crippen LogP contribution in [0.5, 0.6) is 0 Å². The Bertz CT molecular complexity index is 1470. The summed E-state index contributed by atoms with van der Waals surface area (Å²) in [6, 6.07) is 7.08. The first kappa shape index (κ1) is 21.3. The first-order chi connectivity index (χ1) is 16.3. The lowest BCUT2D eigenvalue weighted by atomic mass is 10.0. The molecule has 0 radical (unpaired) electrons. The lowest BCUT2D eigenvalue weighted by molar-refractivity contribution is -0.116. The maximum absolute atomic E-state index is 13.5. The third-order valence-corrected chi connectivity index (χ3v) is 8.66. The zero-order valence-electron chi connectivity index (χ0n) is 18.8. The average molecular weight is 480 g/mol. The highest BCUT2D eigenvalue weighted by atomic mass is 32.2. The molecule has 10 heteroatoms. The largest absolute Gasteiger partial charge is 0.326 e. The van der Waals surface area contributed by atoms with Crippen molar-refractivity contribution >= 4 is 44.1 Å². The van der Waals surface area contributed by atoms with Crippen molar-refractivity contribution in [1.82, 2.24) is 14.8 Å². The maximum Gasteiger partial charge on any atom is 0.256 e. The topological polar surface area (TPSA) is 123 Å². The van der Waals surface area contributed by atoms with E-state index in [-0.39, 0.29) is 29.4 Å². The molecule has 2 amide bonds. The zero-order chi connectivity index (χ0) is 23.6. The van der Waals surface area contributed by atoms with E-state index in [1.54, 1.807) is 10.7 Å². The number of sulfone groups is 1. The number of pyridine rings is 1. The van der Waals surface area contributed by atoms with Gasteiger partial charge in [0.1, 0.15) is 0 Å². The van der Waals surface area contributed by atoms with Gasteiger partial charge < -0.3 is 10.6 Å². The monoisotopic (exact) mass is 479 g/mol. The van der Waals surface area contributed by atoms with Gasteiger partial charge in [-0.2, -0.15) is 5.10 Å². The molecule has 176 valence electrons. The lowest BCUT2D eigenvalue weighted by Crippen LogP contribution is -2.19. The van der Waals surface area contributed by atoms with E-state index >= 15 is 0 Å². The summed E-state index contributed by atoms with van der Waals surface area (Å²) in [6.07, 6.45) is 3.62. The van der Waals surface area contributed by atoms with Crippen LogP contribution in [0.15, 0.2) is 24.3 Å². The van der Waals surface area contributed by atoms with Crippen molar-refractivity contribution in [1.29, 1.82) is 0 Å². The third kappa shape index (κ3) is 3.75. The van der Waals surface area contributed by atoms with Crippen molar-refractivity contribution in [2.75, 3.05) is 22.1 Å². The number of hydrogen-bond donors (Lipinski definition) is 2. The Labute approximate surface area is 196 Å². The smallest absolute Gasteiger partial charge is 0.256 e. The minimum atomic E-state index is -3.09. The van der Waals surface area contributed by atoms with Crippen LogP contribution in [0, 0.1) is 6.92 Å². The van der Waals surface area contributed by atoms with Crippen LogP contribution in [0.1, 0.15) is 65.0 Å². The first-order valence-electron chi connectivity index (χ1n) is 11.6. The molecule has 0 unspecified atom stereocenters. The molecular formula is C24H25N5O4S. The number of nitrogens with one attached hydrogen (secondary N) is 2. The van der Waals surface area contributed by atoms with Crippen LogP contribution in [-0.4, -0.2) is 46.5 Å². The molecule has 1 saturated heterocycles. The second-order valence-electron chi connectivity index (χ2n) is 9.53. The Morgan fingerprint density at radius 3 is 2.74 bits per heavy atom. The van der Waals surface area contributed by atoms with Crippen molar-refractivity contribution in [2.45, 2.75) is 51.0 Å². The number of aryl methyl sites for hydroxylation is 2. The standard InChI is InChI=1S/C24H25N5O4S/c1-13-22-18(24(31)25-16-5-6-19-15(10-16)4-7-21(30)26-19)11-20(14-2-3-14)27-23(22)29(28-13)17-8-9-34(32,33)12-17/h5-6,10-11,14,17H,2-4,7-9,12H2,1H3,(H,25,31)(H,26,30)/t17-/m0/s1. The Morgan fingerprint density at radius 2 is 2.00 bits per heavy atom. The molecule has 1 aromatic carbocycles. The maximum atomic E-state index is 13.5. The van der Waals surface area contributed by atoms with Crippen LogP contribution in [0.3, 0.4) is 0 Å². The number of nitrogens with zero attached hydrogens (tertiary/aromatic N) is 3. The molecule has 2 N–H and O–H groups in total. The van der Waals surface area contributed by atoms with Gasteiger partial charge in [0.2, 0.25) is 5.91 Å². The summed E-state index contributed by atoms with van der Waals surface area (Å²) in [5, 5.41) is 11.2. The molecule has 2 aromatic heterocycles. The summed E-state index contributed by atoms with van der Waals surface area (Å²) in [7, 11) is -3.09. The molecule has 4 heterocycles. The highest BCUT2D eigenvalue weighted by Crippen LogP contribution is 2.41. The van der Waals surface area contributed by atoms with Crippen LogP contribution in [0.4, 0.5) is 11.4 Å². The fraction of sp³-hybridized carbons (Fsp3) is 0.417. The SMILES string of the molecule is Cc1nn([C@H]2CCS(=O)(=O)C2)c2nc(C3CC3)cc(C(=O)Nc3ccc4c(c3)CCC(=O)N4)c12. The first-order valence-corrected chi connectivity index (χ1v) is 13.4. The summed E-state index contributed by atoms with van der Waals surface area (Å²) in [6.45, 7) is 1.83. The molecule has 9 nitrogen and oxygen atoms in total. The minimum absolute atomic E-state index is 0.00128. The van der Waals surface area contributed by atoms with E-state index in [1.165, 1.54) is 0 Å². The number of carbonyl (C=O) groups is 2. The molecule has 1 aliphatic carbocycles. The molecule has 34 heavy (non-hydrogen) atoms. The van der Waals surface area contributed by atoms with Crippen LogP contribution in [-0.2, 0) is 21.1 Å². The number of carbonyl (C=O) groups excluding carboxylic acids is 2. The van der Waals surface area contributed by atoms with Gasteiger partial charge in [-0.1, -0.05) is 0 Å². The molecule has 0 spiro atoms. The summed E-state index contributed by atoms with van der Waals surface area (Å²) in [4.78, 5) is 30.0. The molecule has 3 aliphatic rings. The van der Waals surface area contributed by atoms with Crippen molar-refractivity contribution in [3.05, 3.63) is 46.8 Å². The van der Waals surface area contributed by atoms with E-state index in [2.05, 4.69) is 15.7 Å². The van der Waals surface area contributed by atoms with E-state index < -0.39 is 9.84 Å². The van der Waals surface area contributed by atoms with Crippen molar-refractivity contribution in [3.8, 4) is 0 Å². The van der Waals surface area contributed by atoms with E-state index in [0.717, 1.165) is 29.8 Å². The molecule has 2 fully saturated rings. The summed E-state index contributed by atoms with van der Waals surface area (Å²) in [5.74, 6) is 0.256. The van der Waals surface area contributed by atoms with Gasteiger partial charge in [-0.05, 0) is 62.4 Å². The fourth-order valence-corrected chi connectivity index (χ4v) is 6.67. The Hall–Kier alpha value is -3.27. The number of amides is 2. The fourth-order valence-electron chi connectivity index (χ4n) is 4.98. The molecule has 2 aliphatic heterocycles. The van der Waals surface area contributed by atoms with E-state index in [1.807, 2.05) is 25.1 Å². The Morgan fingerprint density at radius 1 is 1.18 bits per heavy atom. The Kier molecular flexibility index (Phi) is 4.77. The minimum Gasteiger partial charge on any atom is -0.326 e.